The smallest absolute Gasteiger partial charge is 0.0403 e. The zero-order chi connectivity index (χ0) is 13.8. The molecule has 0 spiro atoms. The molecule has 0 bridgehead atoms. The van der Waals surface area contributed by atoms with E-state index >= 15 is 0 Å². The molecule has 0 atom stereocenters. The molecular weight excluding hydrogens is 252 g/mol. The second kappa shape index (κ2) is 3.99. The largest absolute Gasteiger partial charge is 0.0695 e. The van der Waals surface area contributed by atoms with Gasteiger partial charge in [0.25, 0.3) is 0 Å². The van der Waals surface area contributed by atoms with Crippen LogP contribution in [0.4, 0.5) is 0 Å². The molecule has 1 aliphatic rings. The maximum atomic E-state index is 3.36. The highest BCUT2D eigenvalue weighted by Crippen LogP contribution is 2.45. The highest BCUT2D eigenvalue weighted by Gasteiger charge is 2.26. The average Bonchev–Trinajstić information content (AvgIpc) is 3.38. The van der Waals surface area contributed by atoms with Crippen molar-refractivity contribution >= 4 is 32.3 Å². The second-order valence-corrected chi connectivity index (χ2v) is 6.01. The first-order valence-electron chi connectivity index (χ1n) is 7.58. The van der Waals surface area contributed by atoms with Crippen LogP contribution >= 0.6 is 0 Å². The Morgan fingerprint density at radius 1 is 0.810 bits per heavy atom. The monoisotopic (exact) mass is 266 g/mol. The summed E-state index contributed by atoms with van der Waals surface area (Å²) in [5.41, 5.74) is 1.50. The van der Waals surface area contributed by atoms with Gasteiger partial charge in [-0.05, 0) is 69.5 Å². The Morgan fingerprint density at radius 3 is 2.62 bits per heavy atom. The molecule has 1 saturated carbocycles. The van der Waals surface area contributed by atoms with Gasteiger partial charge in [-0.1, -0.05) is 48.5 Å². The molecule has 0 nitrogen and oxygen atoms in total. The zero-order valence-electron chi connectivity index (χ0n) is 11.7. The standard InChI is InChI=1S/C21H14/c1-2-6-16-14(5-1)11-12-19-17-7-3-4-8-18(17)20(13-21(16)19)15-9-10-15/h1-2,4-6,8,11-13,15H,9-10H2. The average molecular weight is 266 g/mol. The Morgan fingerprint density at radius 2 is 1.71 bits per heavy atom. The summed E-state index contributed by atoms with van der Waals surface area (Å²) in [7, 11) is 0. The van der Waals surface area contributed by atoms with Crippen LogP contribution in [0.3, 0.4) is 0 Å². The van der Waals surface area contributed by atoms with Crippen molar-refractivity contribution in [3.05, 3.63) is 72.3 Å². The number of rotatable bonds is 1. The van der Waals surface area contributed by atoms with E-state index in [-0.39, 0.29) is 0 Å². The number of fused-ring (bicyclic) bond motifs is 5. The summed E-state index contributed by atoms with van der Waals surface area (Å²) in [6.07, 6.45) is 2.65. The molecular formula is C21H14. The lowest BCUT2D eigenvalue weighted by atomic mass is 9.93. The predicted molar refractivity (Wildman–Crippen MR) is 88.6 cm³/mol. The van der Waals surface area contributed by atoms with Crippen LogP contribution in [0.1, 0.15) is 24.3 Å². The summed E-state index contributed by atoms with van der Waals surface area (Å²) >= 11 is 0. The van der Waals surface area contributed by atoms with Gasteiger partial charge in [-0.15, -0.1) is 0 Å². The summed E-state index contributed by atoms with van der Waals surface area (Å²) in [5, 5.41) is 7.90. The third kappa shape index (κ3) is 1.58. The van der Waals surface area contributed by atoms with Crippen LogP contribution in [-0.2, 0) is 0 Å². The summed E-state index contributed by atoms with van der Waals surface area (Å²) in [4.78, 5) is 0. The van der Waals surface area contributed by atoms with E-state index < -0.39 is 0 Å². The quantitative estimate of drug-likeness (QED) is 0.392. The van der Waals surface area contributed by atoms with Gasteiger partial charge in [-0.25, -0.2) is 0 Å². The van der Waals surface area contributed by atoms with Crippen molar-refractivity contribution in [2.45, 2.75) is 18.8 Å². The normalized spacial score (nSPS) is 14.7. The molecule has 0 heterocycles. The van der Waals surface area contributed by atoms with Crippen molar-refractivity contribution in [2.75, 3.05) is 0 Å². The molecule has 21 heavy (non-hydrogen) atoms. The predicted octanol–water partition coefficient (Wildman–Crippen LogP) is 5.62. The Labute approximate surface area is 124 Å². The molecule has 0 aliphatic heterocycles. The topological polar surface area (TPSA) is 0 Å². The van der Waals surface area contributed by atoms with Crippen molar-refractivity contribution in [3.63, 3.8) is 0 Å². The van der Waals surface area contributed by atoms with Crippen LogP contribution in [0, 0.1) is 12.1 Å². The second-order valence-electron chi connectivity index (χ2n) is 6.01. The fraction of sp³-hybridized carbons (Fsp3) is 0.143. The van der Waals surface area contributed by atoms with Gasteiger partial charge >= 0.3 is 0 Å². The molecule has 0 amide bonds. The van der Waals surface area contributed by atoms with Crippen molar-refractivity contribution in [3.8, 4) is 0 Å². The molecule has 0 N–H and O–H groups in total. The third-order valence-corrected chi connectivity index (χ3v) is 4.67. The molecule has 1 fully saturated rings. The minimum atomic E-state index is 0.742. The van der Waals surface area contributed by atoms with E-state index in [9.17, 15) is 0 Å². The molecule has 1 aliphatic carbocycles. The summed E-state index contributed by atoms with van der Waals surface area (Å²) in [6, 6.07) is 26.2. The maximum absolute atomic E-state index is 3.36. The fourth-order valence-corrected chi connectivity index (χ4v) is 3.48. The fourth-order valence-electron chi connectivity index (χ4n) is 3.48. The first-order valence-corrected chi connectivity index (χ1v) is 7.58. The number of hydrogen-bond acceptors (Lipinski definition) is 0. The summed E-state index contributed by atoms with van der Waals surface area (Å²) < 4.78 is 0. The van der Waals surface area contributed by atoms with Gasteiger partial charge in [0.05, 0.1) is 0 Å². The van der Waals surface area contributed by atoms with Gasteiger partial charge < -0.3 is 0 Å². The molecule has 4 aromatic carbocycles. The van der Waals surface area contributed by atoms with Crippen LogP contribution in [-0.4, -0.2) is 0 Å². The zero-order valence-corrected chi connectivity index (χ0v) is 11.7. The molecule has 4 aromatic rings. The van der Waals surface area contributed by atoms with E-state index in [1.54, 1.807) is 0 Å². The lowest BCUT2D eigenvalue weighted by Crippen LogP contribution is -1.86. The van der Waals surface area contributed by atoms with E-state index in [0.717, 1.165) is 5.92 Å². The van der Waals surface area contributed by atoms with E-state index in [2.05, 4.69) is 60.7 Å². The minimum Gasteiger partial charge on any atom is -0.0695 e. The Balaban J connectivity index is 2.05. The van der Waals surface area contributed by atoms with E-state index in [1.165, 1.54) is 50.7 Å². The highest BCUT2D eigenvalue weighted by atomic mass is 14.3. The van der Waals surface area contributed by atoms with Crippen molar-refractivity contribution < 1.29 is 0 Å². The molecule has 0 heteroatoms. The Kier molecular flexibility index (Phi) is 2.12. The molecule has 0 aromatic heterocycles. The van der Waals surface area contributed by atoms with Gasteiger partial charge in [0, 0.05) is 5.39 Å². The lowest BCUT2D eigenvalue weighted by Gasteiger charge is -2.10. The molecule has 5 rings (SSSR count). The third-order valence-electron chi connectivity index (χ3n) is 4.67. The summed E-state index contributed by atoms with van der Waals surface area (Å²) in [5.74, 6) is 0.742. The van der Waals surface area contributed by atoms with E-state index in [4.69, 9.17) is 0 Å². The molecule has 98 valence electrons. The molecule has 0 radical (unpaired) electrons. The van der Waals surface area contributed by atoms with E-state index in [0.29, 0.717) is 0 Å². The van der Waals surface area contributed by atoms with Gasteiger partial charge in [0.15, 0.2) is 0 Å². The van der Waals surface area contributed by atoms with Crippen LogP contribution in [0.25, 0.3) is 32.3 Å². The van der Waals surface area contributed by atoms with Crippen LogP contribution in [0.15, 0.2) is 54.6 Å². The SMILES string of the molecule is c1ccc2c(C3CC3)cc3c4ccccc4ccc3c2c#1. The Hall–Kier alpha value is -2.52. The number of benzene rings is 3. The molecule has 0 unspecified atom stereocenters. The van der Waals surface area contributed by atoms with Gasteiger partial charge in [-0.2, -0.15) is 0 Å². The first-order chi connectivity index (χ1) is 10.4. The molecule has 0 saturated heterocycles. The van der Waals surface area contributed by atoms with Crippen molar-refractivity contribution in [2.24, 2.45) is 0 Å². The van der Waals surface area contributed by atoms with Crippen LogP contribution < -0.4 is 0 Å². The van der Waals surface area contributed by atoms with Gasteiger partial charge in [0.2, 0.25) is 0 Å². The van der Waals surface area contributed by atoms with E-state index in [1.807, 2.05) is 6.07 Å². The van der Waals surface area contributed by atoms with Crippen molar-refractivity contribution in [1.82, 2.24) is 0 Å². The van der Waals surface area contributed by atoms with Crippen LogP contribution in [0.2, 0.25) is 0 Å². The number of hydrogen-bond donors (Lipinski definition) is 0. The van der Waals surface area contributed by atoms with Crippen molar-refractivity contribution in [1.29, 1.82) is 0 Å². The minimum absolute atomic E-state index is 0.742. The van der Waals surface area contributed by atoms with Crippen LogP contribution in [0.5, 0.6) is 0 Å². The maximum Gasteiger partial charge on any atom is 0.0403 e. The Bertz CT molecular complexity index is 991. The van der Waals surface area contributed by atoms with Gasteiger partial charge in [-0.3, -0.25) is 0 Å². The highest BCUT2D eigenvalue weighted by molar-refractivity contribution is 6.17. The lowest BCUT2D eigenvalue weighted by molar-refractivity contribution is 1.16. The van der Waals surface area contributed by atoms with Gasteiger partial charge in [0.1, 0.15) is 0 Å². The summed E-state index contributed by atoms with van der Waals surface area (Å²) in [6.45, 7) is 0. The first kappa shape index (κ1) is 11.2.